The minimum atomic E-state index is -0.546. The van der Waals surface area contributed by atoms with Crippen LogP contribution in [0.4, 0.5) is 11.4 Å². The van der Waals surface area contributed by atoms with Crippen LogP contribution >= 0.6 is 11.6 Å². The molecule has 124 valence electrons. The zero-order valence-electron chi connectivity index (χ0n) is 12.5. The summed E-state index contributed by atoms with van der Waals surface area (Å²) in [5.74, 6) is -0.885. The number of carbonyl (C=O) groups is 2. The summed E-state index contributed by atoms with van der Waals surface area (Å²) in [6, 6.07) is 12.5. The summed E-state index contributed by atoms with van der Waals surface area (Å²) in [5.41, 5.74) is 0.716. The number of carbonyl (C=O) groups excluding carboxylic acids is 2. The SMILES string of the molecule is O=C(Cc1ccccc1[N+](=O)[O-])NCC(=O)Nc1ccc(Cl)cc1. The predicted octanol–water partition coefficient (Wildman–Crippen LogP) is 2.55. The Hall–Kier alpha value is -2.93. The van der Waals surface area contributed by atoms with Gasteiger partial charge >= 0.3 is 0 Å². The van der Waals surface area contributed by atoms with Gasteiger partial charge in [-0.05, 0) is 24.3 Å². The van der Waals surface area contributed by atoms with Gasteiger partial charge in [-0.1, -0.05) is 29.8 Å². The summed E-state index contributed by atoms with van der Waals surface area (Å²) in [5, 5.41) is 16.5. The van der Waals surface area contributed by atoms with Crippen molar-refractivity contribution >= 4 is 34.8 Å². The molecule has 2 amide bonds. The average Bonchev–Trinajstić information content (AvgIpc) is 2.55. The molecule has 0 aliphatic carbocycles. The van der Waals surface area contributed by atoms with E-state index >= 15 is 0 Å². The van der Waals surface area contributed by atoms with E-state index in [1.165, 1.54) is 18.2 Å². The summed E-state index contributed by atoms with van der Waals surface area (Å²) in [7, 11) is 0. The molecule has 0 fully saturated rings. The number of halogens is 1. The summed E-state index contributed by atoms with van der Waals surface area (Å²) < 4.78 is 0. The standard InChI is InChI=1S/C16H14ClN3O4/c17-12-5-7-13(8-6-12)19-16(22)10-18-15(21)9-11-3-1-2-4-14(11)20(23)24/h1-8H,9-10H2,(H,18,21)(H,19,22). The summed E-state index contributed by atoms with van der Waals surface area (Å²) in [6.07, 6.45) is -0.175. The van der Waals surface area contributed by atoms with E-state index in [2.05, 4.69) is 10.6 Å². The van der Waals surface area contributed by atoms with E-state index in [9.17, 15) is 19.7 Å². The minimum Gasteiger partial charge on any atom is -0.347 e. The first-order chi connectivity index (χ1) is 11.5. The Morgan fingerprint density at radius 2 is 1.71 bits per heavy atom. The maximum atomic E-state index is 11.9. The van der Waals surface area contributed by atoms with Gasteiger partial charge in [0, 0.05) is 22.3 Å². The Kier molecular flexibility index (Phi) is 5.86. The number of nitro groups is 1. The largest absolute Gasteiger partial charge is 0.347 e. The fourth-order valence-corrected chi connectivity index (χ4v) is 2.12. The zero-order valence-corrected chi connectivity index (χ0v) is 13.2. The number of amides is 2. The summed E-state index contributed by atoms with van der Waals surface area (Å²) >= 11 is 5.75. The van der Waals surface area contributed by atoms with Gasteiger partial charge in [0.15, 0.2) is 0 Å². The number of anilines is 1. The van der Waals surface area contributed by atoms with E-state index < -0.39 is 16.7 Å². The van der Waals surface area contributed by atoms with Crippen molar-refractivity contribution in [1.29, 1.82) is 0 Å². The van der Waals surface area contributed by atoms with Gasteiger partial charge < -0.3 is 10.6 Å². The van der Waals surface area contributed by atoms with Crippen LogP contribution in [0.3, 0.4) is 0 Å². The van der Waals surface area contributed by atoms with E-state index in [0.29, 0.717) is 10.7 Å². The second-order valence-electron chi connectivity index (χ2n) is 4.89. The van der Waals surface area contributed by atoms with E-state index in [4.69, 9.17) is 11.6 Å². The number of nitrogens with zero attached hydrogens (tertiary/aromatic N) is 1. The molecule has 2 rings (SSSR count). The number of para-hydroxylation sites is 1. The monoisotopic (exact) mass is 347 g/mol. The Balaban J connectivity index is 1.86. The highest BCUT2D eigenvalue weighted by atomic mass is 35.5. The molecule has 0 unspecified atom stereocenters. The fourth-order valence-electron chi connectivity index (χ4n) is 1.99. The Morgan fingerprint density at radius 3 is 2.38 bits per heavy atom. The first-order valence-electron chi connectivity index (χ1n) is 7.00. The molecule has 0 aliphatic rings. The number of rotatable bonds is 6. The van der Waals surface area contributed by atoms with Crippen LogP contribution in [0, 0.1) is 10.1 Å². The van der Waals surface area contributed by atoms with Crippen molar-refractivity contribution < 1.29 is 14.5 Å². The van der Waals surface area contributed by atoms with E-state index in [-0.39, 0.29) is 24.2 Å². The van der Waals surface area contributed by atoms with Crippen LogP contribution in [-0.4, -0.2) is 23.3 Å². The molecule has 0 aromatic heterocycles. The molecule has 0 radical (unpaired) electrons. The molecule has 8 heteroatoms. The number of hydrogen-bond acceptors (Lipinski definition) is 4. The maximum Gasteiger partial charge on any atom is 0.273 e. The van der Waals surface area contributed by atoms with Crippen molar-refractivity contribution in [2.75, 3.05) is 11.9 Å². The molecule has 0 saturated heterocycles. The van der Waals surface area contributed by atoms with Crippen LogP contribution in [0.25, 0.3) is 0 Å². The highest BCUT2D eigenvalue weighted by Crippen LogP contribution is 2.18. The number of benzene rings is 2. The molecule has 7 nitrogen and oxygen atoms in total. The Bertz CT molecular complexity index is 762. The first kappa shape index (κ1) is 17.4. The van der Waals surface area contributed by atoms with Gasteiger partial charge in [0.2, 0.25) is 11.8 Å². The molecule has 2 N–H and O–H groups in total. The smallest absolute Gasteiger partial charge is 0.273 e. The van der Waals surface area contributed by atoms with Crippen LogP contribution in [0.5, 0.6) is 0 Å². The van der Waals surface area contributed by atoms with Crippen molar-refractivity contribution in [3.05, 3.63) is 69.2 Å². The van der Waals surface area contributed by atoms with E-state index in [1.807, 2.05) is 0 Å². The topological polar surface area (TPSA) is 101 Å². The Morgan fingerprint density at radius 1 is 1.04 bits per heavy atom. The first-order valence-corrected chi connectivity index (χ1v) is 7.38. The van der Waals surface area contributed by atoms with Crippen LogP contribution in [0.15, 0.2) is 48.5 Å². The molecule has 2 aromatic rings. The molecule has 0 spiro atoms. The zero-order chi connectivity index (χ0) is 17.5. The molecule has 0 bridgehead atoms. The van der Waals surface area contributed by atoms with Gasteiger partial charge in [-0.25, -0.2) is 0 Å². The van der Waals surface area contributed by atoms with Gasteiger partial charge in [-0.2, -0.15) is 0 Å². The predicted molar refractivity (Wildman–Crippen MR) is 89.9 cm³/mol. The molecule has 0 heterocycles. The molecule has 2 aromatic carbocycles. The third kappa shape index (κ3) is 5.06. The van der Waals surface area contributed by atoms with Crippen molar-refractivity contribution in [2.24, 2.45) is 0 Å². The summed E-state index contributed by atoms with van der Waals surface area (Å²) in [4.78, 5) is 34.0. The fraction of sp³-hybridized carbons (Fsp3) is 0.125. The van der Waals surface area contributed by atoms with Crippen LogP contribution in [-0.2, 0) is 16.0 Å². The van der Waals surface area contributed by atoms with Crippen LogP contribution < -0.4 is 10.6 Å². The highest BCUT2D eigenvalue weighted by molar-refractivity contribution is 6.30. The summed E-state index contributed by atoms with van der Waals surface area (Å²) in [6.45, 7) is -0.234. The lowest BCUT2D eigenvalue weighted by Gasteiger charge is -2.07. The lowest BCUT2D eigenvalue weighted by Crippen LogP contribution is -2.33. The van der Waals surface area contributed by atoms with Crippen molar-refractivity contribution in [1.82, 2.24) is 5.32 Å². The van der Waals surface area contributed by atoms with Crippen molar-refractivity contribution in [2.45, 2.75) is 6.42 Å². The van der Waals surface area contributed by atoms with Gasteiger partial charge in [-0.3, -0.25) is 19.7 Å². The van der Waals surface area contributed by atoms with E-state index in [0.717, 1.165) is 0 Å². The minimum absolute atomic E-state index is 0.127. The number of nitrogens with one attached hydrogen (secondary N) is 2. The molecular formula is C16H14ClN3O4. The van der Waals surface area contributed by atoms with Gasteiger partial charge in [-0.15, -0.1) is 0 Å². The van der Waals surface area contributed by atoms with Gasteiger partial charge in [0.05, 0.1) is 17.9 Å². The molecule has 0 atom stereocenters. The molecule has 0 saturated carbocycles. The third-order valence-corrected chi connectivity index (χ3v) is 3.37. The second-order valence-corrected chi connectivity index (χ2v) is 5.33. The lowest BCUT2D eigenvalue weighted by molar-refractivity contribution is -0.385. The van der Waals surface area contributed by atoms with Crippen LogP contribution in [0.1, 0.15) is 5.56 Å². The highest BCUT2D eigenvalue weighted by Gasteiger charge is 2.15. The van der Waals surface area contributed by atoms with Crippen molar-refractivity contribution in [3.63, 3.8) is 0 Å². The van der Waals surface area contributed by atoms with Gasteiger partial charge in [0.1, 0.15) is 0 Å². The second kappa shape index (κ2) is 8.07. The normalized spacial score (nSPS) is 10.0. The average molecular weight is 348 g/mol. The van der Waals surface area contributed by atoms with Crippen LogP contribution in [0.2, 0.25) is 5.02 Å². The molecular weight excluding hydrogens is 334 g/mol. The number of hydrogen-bond donors (Lipinski definition) is 2. The molecule has 24 heavy (non-hydrogen) atoms. The molecule has 0 aliphatic heterocycles. The van der Waals surface area contributed by atoms with Gasteiger partial charge in [0.25, 0.3) is 5.69 Å². The van der Waals surface area contributed by atoms with Crippen molar-refractivity contribution in [3.8, 4) is 0 Å². The maximum absolute atomic E-state index is 11.9. The third-order valence-electron chi connectivity index (χ3n) is 3.11. The Labute approximate surface area is 142 Å². The van der Waals surface area contributed by atoms with E-state index in [1.54, 1.807) is 30.3 Å². The quantitative estimate of drug-likeness (QED) is 0.619. The number of nitro benzene ring substituents is 1. The lowest BCUT2D eigenvalue weighted by atomic mass is 10.1.